The van der Waals surface area contributed by atoms with Crippen LogP contribution in [0.3, 0.4) is 0 Å². The lowest BCUT2D eigenvalue weighted by atomic mass is 9.89. The largest absolute Gasteiger partial charge is 0.487 e. The Kier molecular flexibility index (Phi) is 4.84. The van der Waals surface area contributed by atoms with Gasteiger partial charge in [-0.1, -0.05) is 54.6 Å². The van der Waals surface area contributed by atoms with Gasteiger partial charge in [-0.15, -0.1) is 0 Å². The van der Waals surface area contributed by atoms with E-state index < -0.39 is 0 Å². The van der Waals surface area contributed by atoms with Crippen LogP contribution in [0, 0.1) is 6.92 Å². The fourth-order valence-electron chi connectivity index (χ4n) is 4.11. The molecule has 144 valence electrons. The van der Waals surface area contributed by atoms with Gasteiger partial charge in [-0.05, 0) is 55.2 Å². The van der Waals surface area contributed by atoms with Crippen molar-refractivity contribution in [1.82, 2.24) is 5.32 Å². The molecule has 0 saturated heterocycles. The minimum Gasteiger partial charge on any atom is -0.487 e. The highest BCUT2D eigenvalue weighted by Crippen LogP contribution is 2.39. The molecule has 1 atom stereocenters. The first-order valence-corrected chi connectivity index (χ1v) is 9.97. The summed E-state index contributed by atoms with van der Waals surface area (Å²) in [5.74, 6) is 0.970. The SMILES string of the molecule is Cc1ccc2c(c1)OC(C)(C)CC2NC(=O)CCc1cccc2ccccc12. The Balaban J connectivity index is 1.48. The summed E-state index contributed by atoms with van der Waals surface area (Å²) < 4.78 is 6.14. The molecule has 1 amide bonds. The van der Waals surface area contributed by atoms with Gasteiger partial charge in [0.15, 0.2) is 0 Å². The highest BCUT2D eigenvalue weighted by molar-refractivity contribution is 5.86. The zero-order chi connectivity index (χ0) is 19.7. The predicted molar refractivity (Wildman–Crippen MR) is 114 cm³/mol. The summed E-state index contributed by atoms with van der Waals surface area (Å²) in [6.07, 6.45) is 1.98. The predicted octanol–water partition coefficient (Wildman–Crippen LogP) is 5.50. The summed E-state index contributed by atoms with van der Waals surface area (Å²) in [7, 11) is 0. The molecule has 28 heavy (non-hydrogen) atoms. The Hall–Kier alpha value is -2.81. The second-order valence-corrected chi connectivity index (χ2v) is 8.37. The van der Waals surface area contributed by atoms with E-state index in [-0.39, 0.29) is 17.6 Å². The number of hydrogen-bond donors (Lipinski definition) is 1. The Morgan fingerprint density at radius 3 is 2.75 bits per heavy atom. The molecule has 1 aliphatic rings. The van der Waals surface area contributed by atoms with Crippen LogP contribution in [-0.4, -0.2) is 11.5 Å². The van der Waals surface area contributed by atoms with Crippen molar-refractivity contribution in [1.29, 1.82) is 0 Å². The normalized spacial score (nSPS) is 17.6. The number of carbonyl (C=O) groups excluding carboxylic acids is 1. The zero-order valence-electron chi connectivity index (χ0n) is 16.8. The molecule has 4 rings (SSSR count). The van der Waals surface area contributed by atoms with Crippen molar-refractivity contribution in [2.45, 2.75) is 51.7 Å². The maximum atomic E-state index is 12.8. The van der Waals surface area contributed by atoms with E-state index in [1.165, 1.54) is 16.3 Å². The quantitative estimate of drug-likeness (QED) is 0.656. The fourth-order valence-corrected chi connectivity index (χ4v) is 4.11. The van der Waals surface area contributed by atoms with Gasteiger partial charge in [0.2, 0.25) is 5.91 Å². The minimum atomic E-state index is -0.297. The highest BCUT2D eigenvalue weighted by Gasteiger charge is 2.34. The van der Waals surface area contributed by atoms with Crippen LogP contribution in [0.1, 0.15) is 49.4 Å². The molecule has 0 aliphatic carbocycles. The molecule has 3 aromatic rings. The molecule has 1 N–H and O–H groups in total. The lowest BCUT2D eigenvalue weighted by molar-refractivity contribution is -0.122. The van der Waals surface area contributed by atoms with Crippen LogP contribution >= 0.6 is 0 Å². The lowest BCUT2D eigenvalue weighted by Crippen LogP contribution is -2.41. The number of ether oxygens (including phenoxy) is 1. The van der Waals surface area contributed by atoms with Crippen molar-refractivity contribution < 1.29 is 9.53 Å². The van der Waals surface area contributed by atoms with Crippen molar-refractivity contribution in [3.8, 4) is 5.75 Å². The molecule has 3 aromatic carbocycles. The molecule has 3 heteroatoms. The average molecular weight is 373 g/mol. The molecule has 0 fully saturated rings. The van der Waals surface area contributed by atoms with Crippen molar-refractivity contribution in [3.05, 3.63) is 77.4 Å². The third-order valence-corrected chi connectivity index (χ3v) is 5.46. The van der Waals surface area contributed by atoms with Crippen LogP contribution in [0.25, 0.3) is 10.8 Å². The number of carbonyl (C=O) groups is 1. The standard InChI is InChI=1S/C25H27NO2/c1-17-11-13-21-22(16-25(2,3)28-23(21)15-17)26-24(27)14-12-19-9-6-8-18-7-4-5-10-20(18)19/h4-11,13,15,22H,12,14,16H2,1-3H3,(H,26,27). The van der Waals surface area contributed by atoms with Gasteiger partial charge in [-0.3, -0.25) is 4.79 Å². The summed E-state index contributed by atoms with van der Waals surface area (Å²) in [5.41, 5.74) is 3.16. The molecule has 1 unspecified atom stereocenters. The number of amides is 1. The maximum absolute atomic E-state index is 12.8. The first-order valence-electron chi connectivity index (χ1n) is 9.97. The molecular formula is C25H27NO2. The number of nitrogens with one attached hydrogen (secondary N) is 1. The van der Waals surface area contributed by atoms with Crippen molar-refractivity contribution in [2.75, 3.05) is 0 Å². The van der Waals surface area contributed by atoms with Gasteiger partial charge >= 0.3 is 0 Å². The molecule has 0 saturated carbocycles. The van der Waals surface area contributed by atoms with E-state index in [1.807, 2.05) is 6.07 Å². The molecule has 1 aliphatic heterocycles. The summed E-state index contributed by atoms with van der Waals surface area (Å²) in [4.78, 5) is 12.8. The Bertz CT molecular complexity index is 1020. The van der Waals surface area contributed by atoms with Crippen LogP contribution in [0.5, 0.6) is 5.75 Å². The summed E-state index contributed by atoms with van der Waals surface area (Å²) >= 11 is 0. The van der Waals surface area contributed by atoms with Gasteiger partial charge in [0.1, 0.15) is 11.4 Å². The van der Waals surface area contributed by atoms with E-state index in [1.54, 1.807) is 0 Å². The lowest BCUT2D eigenvalue weighted by Gasteiger charge is -2.38. The van der Waals surface area contributed by atoms with Crippen molar-refractivity contribution in [3.63, 3.8) is 0 Å². The van der Waals surface area contributed by atoms with Crippen molar-refractivity contribution in [2.24, 2.45) is 0 Å². The van der Waals surface area contributed by atoms with E-state index in [0.717, 1.165) is 29.7 Å². The van der Waals surface area contributed by atoms with E-state index >= 15 is 0 Å². The van der Waals surface area contributed by atoms with Crippen LogP contribution in [0.4, 0.5) is 0 Å². The van der Waals surface area contributed by atoms with E-state index in [9.17, 15) is 4.79 Å². The van der Waals surface area contributed by atoms with Crippen LogP contribution in [0.15, 0.2) is 60.7 Å². The second-order valence-electron chi connectivity index (χ2n) is 8.37. The third-order valence-electron chi connectivity index (χ3n) is 5.46. The summed E-state index contributed by atoms with van der Waals surface area (Å²) in [6, 6.07) is 20.8. The molecule has 1 heterocycles. The van der Waals surface area contributed by atoms with Gasteiger partial charge in [-0.2, -0.15) is 0 Å². The van der Waals surface area contributed by atoms with E-state index in [0.29, 0.717) is 6.42 Å². The minimum absolute atomic E-state index is 0.0145. The van der Waals surface area contributed by atoms with Crippen LogP contribution < -0.4 is 10.1 Å². The first-order chi connectivity index (χ1) is 13.4. The number of rotatable bonds is 4. The number of fused-ring (bicyclic) bond motifs is 2. The summed E-state index contributed by atoms with van der Waals surface area (Å²) in [5, 5.41) is 5.70. The van der Waals surface area contributed by atoms with Crippen molar-refractivity contribution >= 4 is 16.7 Å². The maximum Gasteiger partial charge on any atom is 0.220 e. The van der Waals surface area contributed by atoms with E-state index in [2.05, 4.69) is 80.7 Å². The van der Waals surface area contributed by atoms with Crippen LogP contribution in [-0.2, 0) is 11.2 Å². The average Bonchev–Trinajstić information content (AvgIpc) is 2.65. The Labute approximate surface area is 166 Å². The second kappa shape index (κ2) is 7.31. The molecular weight excluding hydrogens is 346 g/mol. The number of benzene rings is 3. The van der Waals surface area contributed by atoms with Gasteiger partial charge in [-0.25, -0.2) is 0 Å². The highest BCUT2D eigenvalue weighted by atomic mass is 16.5. The molecule has 3 nitrogen and oxygen atoms in total. The topological polar surface area (TPSA) is 38.3 Å². The van der Waals surface area contributed by atoms with E-state index in [4.69, 9.17) is 4.74 Å². The third kappa shape index (κ3) is 3.89. The fraction of sp³-hybridized carbons (Fsp3) is 0.320. The first kappa shape index (κ1) is 18.5. The Morgan fingerprint density at radius 1 is 1.11 bits per heavy atom. The van der Waals surface area contributed by atoms with Gasteiger partial charge in [0.25, 0.3) is 0 Å². The molecule has 0 aromatic heterocycles. The number of hydrogen-bond acceptors (Lipinski definition) is 2. The van der Waals surface area contributed by atoms with Crippen LogP contribution in [0.2, 0.25) is 0 Å². The zero-order valence-corrected chi connectivity index (χ0v) is 16.8. The number of aryl methyl sites for hydroxylation is 2. The molecule has 0 spiro atoms. The molecule has 0 bridgehead atoms. The van der Waals surface area contributed by atoms with Gasteiger partial charge in [0, 0.05) is 18.4 Å². The van der Waals surface area contributed by atoms with Gasteiger partial charge in [0.05, 0.1) is 6.04 Å². The smallest absolute Gasteiger partial charge is 0.220 e. The summed E-state index contributed by atoms with van der Waals surface area (Å²) in [6.45, 7) is 6.21. The monoisotopic (exact) mass is 373 g/mol. The van der Waals surface area contributed by atoms with Gasteiger partial charge < -0.3 is 10.1 Å². The Morgan fingerprint density at radius 2 is 1.89 bits per heavy atom. The molecule has 0 radical (unpaired) electrons.